The summed E-state index contributed by atoms with van der Waals surface area (Å²) in [5.41, 5.74) is 12.2. The number of hydrogen-bond donors (Lipinski definition) is 0. The van der Waals surface area contributed by atoms with Crippen LogP contribution in [-0.2, 0) is 10.8 Å². The molecule has 0 amide bonds. The number of anilines is 1. The van der Waals surface area contributed by atoms with Gasteiger partial charge >= 0.3 is 0 Å². The Labute approximate surface area is 244 Å². The van der Waals surface area contributed by atoms with Crippen molar-refractivity contribution in [1.29, 1.82) is 0 Å². The molecule has 0 bridgehead atoms. The smallest absolute Gasteiger partial charge is 0.250 e. The Kier molecular flexibility index (Phi) is 5.75. The molecule has 4 aliphatic rings. The average Bonchev–Trinajstić information content (AvgIpc) is 3.35. The lowest BCUT2D eigenvalue weighted by Crippen LogP contribution is -2.44. The molecule has 1 unspecified atom stereocenters. The van der Waals surface area contributed by atoms with E-state index in [2.05, 4.69) is 80.6 Å². The number of benzene rings is 2. The first-order valence-corrected chi connectivity index (χ1v) is 15.3. The molecule has 1 atom stereocenters. The molecule has 1 aromatic heterocycles. The number of aromatic nitrogens is 1. The molecule has 2 aliphatic heterocycles. The predicted molar refractivity (Wildman–Crippen MR) is 169 cm³/mol. The summed E-state index contributed by atoms with van der Waals surface area (Å²) >= 11 is 0. The van der Waals surface area contributed by atoms with E-state index in [1.165, 1.54) is 46.4 Å². The van der Waals surface area contributed by atoms with Crippen LogP contribution in [0.25, 0.3) is 27.2 Å². The molecule has 7 rings (SSSR count). The highest BCUT2D eigenvalue weighted by Gasteiger charge is 2.42. The molecular weight excluding hydrogens is 502 g/mol. The van der Waals surface area contributed by atoms with Gasteiger partial charge in [-0.05, 0) is 112 Å². The van der Waals surface area contributed by atoms with Crippen LogP contribution in [0, 0.1) is 17.9 Å². The number of para-hydroxylation sites is 2. The summed E-state index contributed by atoms with van der Waals surface area (Å²) in [7, 11) is 0. The van der Waals surface area contributed by atoms with Crippen LogP contribution in [0.15, 0.2) is 64.1 Å². The fourth-order valence-corrected chi connectivity index (χ4v) is 7.93. The van der Waals surface area contributed by atoms with Crippen LogP contribution < -0.4 is 4.90 Å². The van der Waals surface area contributed by atoms with E-state index >= 15 is 0 Å². The lowest BCUT2D eigenvalue weighted by atomic mass is 9.62. The van der Waals surface area contributed by atoms with Gasteiger partial charge in [-0.2, -0.15) is 0 Å². The maximum atomic E-state index is 8.09. The van der Waals surface area contributed by atoms with Crippen molar-refractivity contribution in [3.05, 3.63) is 93.7 Å². The number of nitrogens with zero attached hydrogens (tertiary/aromatic N) is 3. The lowest BCUT2D eigenvalue weighted by Gasteiger charge is -2.48. The third-order valence-corrected chi connectivity index (χ3v) is 10.6. The molecule has 4 heteroatoms. The van der Waals surface area contributed by atoms with Crippen LogP contribution in [-0.4, -0.2) is 18.1 Å². The van der Waals surface area contributed by atoms with Gasteiger partial charge in [0.25, 0.3) is 5.70 Å². The Morgan fingerprint density at radius 2 is 1.66 bits per heavy atom. The van der Waals surface area contributed by atoms with E-state index in [-0.39, 0.29) is 16.2 Å². The highest BCUT2D eigenvalue weighted by atomic mass is 16.3. The normalized spacial score (nSPS) is 25.0. The molecule has 3 heterocycles. The number of rotatable bonds is 2. The van der Waals surface area contributed by atoms with Gasteiger partial charge in [-0.15, -0.1) is 0 Å². The first-order valence-electron chi connectivity index (χ1n) is 15.3. The topological polar surface area (TPSA) is 33.6 Å². The number of oxazole rings is 1. The third kappa shape index (κ3) is 4.19. The highest BCUT2D eigenvalue weighted by Crippen LogP contribution is 2.53. The van der Waals surface area contributed by atoms with E-state index in [1.807, 2.05) is 24.3 Å². The van der Waals surface area contributed by atoms with Gasteiger partial charge in [0.1, 0.15) is 5.52 Å². The molecule has 41 heavy (non-hydrogen) atoms. The Balaban J connectivity index is 1.36. The van der Waals surface area contributed by atoms with E-state index in [0.29, 0.717) is 17.5 Å². The van der Waals surface area contributed by atoms with E-state index in [0.717, 1.165) is 49.0 Å². The van der Waals surface area contributed by atoms with Crippen molar-refractivity contribution in [3.63, 3.8) is 0 Å². The van der Waals surface area contributed by atoms with E-state index in [1.54, 1.807) is 0 Å². The largest absolute Gasteiger partial charge is 0.447 e. The molecule has 0 fully saturated rings. The lowest BCUT2D eigenvalue weighted by molar-refractivity contribution is 0.228. The minimum Gasteiger partial charge on any atom is -0.447 e. The predicted octanol–water partition coefficient (Wildman–Crippen LogP) is 9.48. The van der Waals surface area contributed by atoms with E-state index < -0.39 is 0 Å². The van der Waals surface area contributed by atoms with Gasteiger partial charge in [-0.1, -0.05) is 65.8 Å². The van der Waals surface area contributed by atoms with Gasteiger partial charge in [-0.25, -0.2) is 9.83 Å². The molecule has 0 N–H and O–H groups in total. The monoisotopic (exact) mass is 543 g/mol. The van der Waals surface area contributed by atoms with Crippen molar-refractivity contribution >= 4 is 28.1 Å². The molecule has 0 saturated heterocycles. The van der Waals surface area contributed by atoms with Crippen molar-refractivity contribution < 1.29 is 4.42 Å². The second kappa shape index (κ2) is 8.96. The molecule has 3 aromatic rings. The van der Waals surface area contributed by atoms with Crippen LogP contribution in [0.3, 0.4) is 0 Å². The van der Waals surface area contributed by atoms with Gasteiger partial charge in [0.2, 0.25) is 5.89 Å². The van der Waals surface area contributed by atoms with Gasteiger partial charge in [0.15, 0.2) is 5.58 Å². The fourth-order valence-electron chi connectivity index (χ4n) is 7.93. The van der Waals surface area contributed by atoms with Crippen molar-refractivity contribution in [3.8, 4) is 0 Å². The Hall–Kier alpha value is -3.58. The van der Waals surface area contributed by atoms with Crippen LogP contribution >= 0.6 is 0 Å². The Bertz CT molecular complexity index is 1640. The minimum atomic E-state index is 0.0513. The second-order valence-corrected chi connectivity index (χ2v) is 14.7. The summed E-state index contributed by atoms with van der Waals surface area (Å²) < 4.78 is 6.07. The molecule has 0 saturated carbocycles. The minimum absolute atomic E-state index is 0.0513. The first-order chi connectivity index (χ1) is 19.5. The van der Waals surface area contributed by atoms with Crippen molar-refractivity contribution in [2.75, 3.05) is 18.0 Å². The third-order valence-electron chi connectivity index (χ3n) is 10.6. The molecule has 0 spiro atoms. The summed E-state index contributed by atoms with van der Waals surface area (Å²) in [6.45, 7) is 24.8. The van der Waals surface area contributed by atoms with E-state index in [4.69, 9.17) is 11.0 Å². The summed E-state index contributed by atoms with van der Waals surface area (Å²) in [4.78, 5) is 11.3. The van der Waals surface area contributed by atoms with Crippen molar-refractivity contribution in [1.82, 2.24) is 4.98 Å². The number of hydrogen-bond acceptors (Lipinski definition) is 3. The summed E-state index contributed by atoms with van der Waals surface area (Å²) in [6.07, 6.45) is 10.2. The Morgan fingerprint density at radius 1 is 0.976 bits per heavy atom. The molecular formula is C37H41N3O. The Morgan fingerprint density at radius 3 is 2.32 bits per heavy atom. The summed E-state index contributed by atoms with van der Waals surface area (Å²) in [6, 6.07) is 12.8. The maximum absolute atomic E-state index is 8.09. The van der Waals surface area contributed by atoms with Gasteiger partial charge in [-0.3, -0.25) is 0 Å². The van der Waals surface area contributed by atoms with Gasteiger partial charge in [0, 0.05) is 18.8 Å². The number of allylic oxidation sites excluding steroid dienone is 5. The molecule has 4 nitrogen and oxygen atoms in total. The van der Waals surface area contributed by atoms with Crippen LogP contribution in [0.2, 0.25) is 0 Å². The first kappa shape index (κ1) is 26.3. The molecule has 2 aromatic carbocycles. The van der Waals surface area contributed by atoms with Crippen LogP contribution in [0.1, 0.15) is 96.2 Å². The van der Waals surface area contributed by atoms with E-state index in [9.17, 15) is 0 Å². The molecule has 0 radical (unpaired) electrons. The second-order valence-electron chi connectivity index (χ2n) is 14.7. The SMILES string of the molecule is [C-]#[N+]/C(=C1\C=C2C=C(c3cc4c5c(c3)C(C)(C)CCN5CCC4(C)C)CCC2C(C)(C)C1)c1nc2ccccc2o1. The zero-order valence-electron chi connectivity index (χ0n) is 25.4. The summed E-state index contributed by atoms with van der Waals surface area (Å²) in [5, 5.41) is 0. The zero-order valence-corrected chi connectivity index (χ0v) is 25.4. The van der Waals surface area contributed by atoms with Gasteiger partial charge < -0.3 is 9.32 Å². The standard InChI is InChI=1S/C37H41N3O/c1-35(2)14-16-40-17-15-36(3,4)29-21-24(20-28(35)33(29)40)23-12-13-27-25(18-23)19-26(22-37(27,5)6)32(38-7)34-39-30-10-8-9-11-31(30)41-34/h8-11,18-21,27H,12-17,22H2,1-6H3/b32-26+. The average molecular weight is 544 g/mol. The molecule has 2 aliphatic carbocycles. The quantitative estimate of drug-likeness (QED) is 0.302. The van der Waals surface area contributed by atoms with Crippen molar-refractivity contribution in [2.24, 2.45) is 11.3 Å². The highest BCUT2D eigenvalue weighted by molar-refractivity contribution is 5.81. The summed E-state index contributed by atoms with van der Waals surface area (Å²) in [5.74, 6) is 0.912. The number of fused-ring (bicyclic) bond motifs is 2. The fraction of sp³-hybridized carbons (Fsp3) is 0.459. The molecule has 210 valence electrons. The van der Waals surface area contributed by atoms with Gasteiger partial charge in [0.05, 0.1) is 6.57 Å². The maximum Gasteiger partial charge on any atom is 0.250 e. The zero-order chi connectivity index (χ0) is 28.7. The van der Waals surface area contributed by atoms with Crippen molar-refractivity contribution in [2.45, 2.75) is 84.5 Å². The van der Waals surface area contributed by atoms with Crippen LogP contribution in [0.4, 0.5) is 5.69 Å². The van der Waals surface area contributed by atoms with Crippen LogP contribution in [0.5, 0.6) is 0 Å².